The number of pyridine rings is 1. The number of nitrogens with one attached hydrogen (secondary N) is 1. The molecule has 0 unspecified atom stereocenters. The molecule has 0 bridgehead atoms. The largest absolute Gasteiger partial charge is 0.494 e. The van der Waals surface area contributed by atoms with Crippen LogP contribution in [0.1, 0.15) is 5.56 Å². The standard InChI is InChI=1S/C16H12ClN3O2S/c1-22-13-3-2-11(17)9-12(13)19-16-20-15(21)14(23-16)8-10-4-6-18-7-5-10/h2-9H,1H3,(H,19,20,21)/b14-8-. The van der Waals surface area contributed by atoms with Crippen molar-refractivity contribution in [2.45, 2.75) is 0 Å². The Bertz CT molecular complexity index is 806. The molecule has 7 heteroatoms. The van der Waals surface area contributed by atoms with E-state index in [0.29, 0.717) is 26.5 Å². The molecule has 1 amide bonds. The Balaban J connectivity index is 1.88. The van der Waals surface area contributed by atoms with E-state index in [1.165, 1.54) is 11.8 Å². The Hall–Kier alpha value is -2.31. The molecule has 0 atom stereocenters. The molecule has 1 aromatic heterocycles. The van der Waals surface area contributed by atoms with E-state index in [0.717, 1.165) is 5.56 Å². The van der Waals surface area contributed by atoms with Gasteiger partial charge in [0.05, 0.1) is 12.0 Å². The Kier molecular flexibility index (Phi) is 4.64. The van der Waals surface area contributed by atoms with Gasteiger partial charge in [0.15, 0.2) is 5.17 Å². The van der Waals surface area contributed by atoms with Gasteiger partial charge in [0, 0.05) is 17.4 Å². The fourth-order valence-corrected chi connectivity index (χ4v) is 2.95. The number of nitrogens with zero attached hydrogens (tertiary/aromatic N) is 2. The van der Waals surface area contributed by atoms with E-state index in [-0.39, 0.29) is 5.91 Å². The number of thioether (sulfide) groups is 1. The van der Waals surface area contributed by atoms with E-state index in [2.05, 4.69) is 15.3 Å². The highest BCUT2D eigenvalue weighted by Gasteiger charge is 2.24. The van der Waals surface area contributed by atoms with Crippen LogP contribution in [0.2, 0.25) is 5.02 Å². The van der Waals surface area contributed by atoms with E-state index >= 15 is 0 Å². The number of aliphatic imine (C=N–C) groups is 1. The second-order valence-electron chi connectivity index (χ2n) is 4.58. The minimum Gasteiger partial charge on any atom is -0.494 e. The maximum absolute atomic E-state index is 12.0. The highest BCUT2D eigenvalue weighted by molar-refractivity contribution is 8.18. The van der Waals surface area contributed by atoms with Crippen molar-refractivity contribution in [1.29, 1.82) is 0 Å². The summed E-state index contributed by atoms with van der Waals surface area (Å²) in [6, 6.07) is 8.80. The number of carbonyl (C=O) groups is 1. The van der Waals surface area contributed by atoms with Crippen molar-refractivity contribution in [1.82, 2.24) is 10.3 Å². The van der Waals surface area contributed by atoms with Gasteiger partial charge in [-0.1, -0.05) is 11.6 Å². The molecule has 3 rings (SSSR count). The second-order valence-corrected chi connectivity index (χ2v) is 6.05. The number of hydrogen-bond donors (Lipinski definition) is 1. The summed E-state index contributed by atoms with van der Waals surface area (Å²) in [5, 5.41) is 3.77. The fraction of sp³-hybridized carbons (Fsp3) is 0.0625. The smallest absolute Gasteiger partial charge is 0.264 e. The lowest BCUT2D eigenvalue weighted by molar-refractivity contribution is -0.115. The van der Waals surface area contributed by atoms with Gasteiger partial charge in [-0.15, -0.1) is 0 Å². The number of methoxy groups -OCH3 is 1. The third-order valence-electron chi connectivity index (χ3n) is 3.02. The van der Waals surface area contributed by atoms with Crippen LogP contribution in [0, 0.1) is 0 Å². The first-order chi connectivity index (χ1) is 11.2. The molecule has 1 N–H and O–H groups in total. The zero-order chi connectivity index (χ0) is 16.2. The van der Waals surface area contributed by atoms with Crippen molar-refractivity contribution in [3.05, 3.63) is 58.2 Å². The number of rotatable bonds is 3. The van der Waals surface area contributed by atoms with E-state index in [1.54, 1.807) is 43.8 Å². The van der Waals surface area contributed by atoms with Crippen LogP contribution in [0.5, 0.6) is 5.75 Å². The van der Waals surface area contributed by atoms with Crippen molar-refractivity contribution in [2.75, 3.05) is 7.11 Å². The first kappa shape index (κ1) is 15.6. The quantitative estimate of drug-likeness (QED) is 0.863. The van der Waals surface area contributed by atoms with Gasteiger partial charge in [-0.3, -0.25) is 9.78 Å². The van der Waals surface area contributed by atoms with E-state index in [1.807, 2.05) is 12.1 Å². The number of amides is 1. The van der Waals surface area contributed by atoms with Crippen LogP contribution in [0.25, 0.3) is 6.08 Å². The van der Waals surface area contributed by atoms with Gasteiger partial charge in [0.2, 0.25) is 0 Å². The predicted molar refractivity (Wildman–Crippen MR) is 93.0 cm³/mol. The zero-order valence-corrected chi connectivity index (χ0v) is 13.7. The van der Waals surface area contributed by atoms with Crippen molar-refractivity contribution in [3.63, 3.8) is 0 Å². The highest BCUT2D eigenvalue weighted by Crippen LogP contribution is 2.33. The average Bonchev–Trinajstić information content (AvgIpc) is 2.88. The maximum Gasteiger partial charge on any atom is 0.264 e. The third-order valence-corrected chi connectivity index (χ3v) is 4.16. The Morgan fingerprint density at radius 1 is 1.30 bits per heavy atom. The molecule has 0 saturated carbocycles. The number of carbonyl (C=O) groups excluding carboxylic acids is 1. The predicted octanol–water partition coefficient (Wildman–Crippen LogP) is 3.64. The maximum atomic E-state index is 12.0. The lowest BCUT2D eigenvalue weighted by Gasteiger charge is -2.05. The lowest BCUT2D eigenvalue weighted by atomic mass is 10.2. The Morgan fingerprint density at radius 3 is 2.83 bits per heavy atom. The van der Waals surface area contributed by atoms with Gasteiger partial charge in [0.25, 0.3) is 5.91 Å². The summed E-state index contributed by atoms with van der Waals surface area (Å²) < 4.78 is 5.25. The SMILES string of the molecule is COc1ccc(Cl)cc1N=C1NC(=O)/C(=C/c2ccncc2)S1. The van der Waals surface area contributed by atoms with E-state index in [9.17, 15) is 4.79 Å². The minimum atomic E-state index is -0.188. The molecule has 116 valence electrons. The third kappa shape index (κ3) is 3.72. The summed E-state index contributed by atoms with van der Waals surface area (Å²) >= 11 is 7.25. The molecule has 0 spiro atoms. The normalized spacial score (nSPS) is 17.6. The van der Waals surface area contributed by atoms with Gasteiger partial charge in [-0.25, -0.2) is 4.99 Å². The first-order valence-electron chi connectivity index (χ1n) is 6.69. The van der Waals surface area contributed by atoms with E-state index in [4.69, 9.17) is 16.3 Å². The molecule has 1 aliphatic rings. The molecule has 1 fully saturated rings. The molecule has 0 aliphatic carbocycles. The number of halogens is 1. The summed E-state index contributed by atoms with van der Waals surface area (Å²) in [5.41, 5.74) is 1.46. The number of amidine groups is 1. The summed E-state index contributed by atoms with van der Waals surface area (Å²) in [6.45, 7) is 0. The number of benzene rings is 1. The average molecular weight is 346 g/mol. The van der Waals surface area contributed by atoms with Crippen LogP contribution in [0.15, 0.2) is 52.6 Å². The van der Waals surface area contributed by atoms with Crippen LogP contribution in [-0.2, 0) is 4.79 Å². The number of aromatic nitrogens is 1. The second kappa shape index (κ2) is 6.85. The zero-order valence-electron chi connectivity index (χ0n) is 12.1. The van der Waals surface area contributed by atoms with Gasteiger partial charge in [0.1, 0.15) is 11.4 Å². The summed E-state index contributed by atoms with van der Waals surface area (Å²) in [6.07, 6.45) is 5.14. The van der Waals surface area contributed by atoms with Gasteiger partial charge >= 0.3 is 0 Å². The van der Waals surface area contributed by atoms with Gasteiger partial charge in [-0.05, 0) is 53.7 Å². The van der Waals surface area contributed by atoms with Crippen molar-refractivity contribution in [2.24, 2.45) is 4.99 Å². The molecule has 0 radical (unpaired) electrons. The van der Waals surface area contributed by atoms with Crippen LogP contribution in [-0.4, -0.2) is 23.2 Å². The summed E-state index contributed by atoms with van der Waals surface area (Å²) in [5.74, 6) is 0.398. The van der Waals surface area contributed by atoms with Crippen molar-refractivity contribution >= 4 is 46.2 Å². The monoisotopic (exact) mass is 345 g/mol. The number of hydrogen-bond acceptors (Lipinski definition) is 5. The van der Waals surface area contributed by atoms with Crippen molar-refractivity contribution < 1.29 is 9.53 Å². The molecule has 23 heavy (non-hydrogen) atoms. The highest BCUT2D eigenvalue weighted by atomic mass is 35.5. The van der Waals surface area contributed by atoms with Crippen molar-refractivity contribution in [3.8, 4) is 5.75 Å². The fourth-order valence-electron chi connectivity index (χ4n) is 1.95. The summed E-state index contributed by atoms with van der Waals surface area (Å²) in [4.78, 5) is 21.0. The Labute approximate surface area is 142 Å². The summed E-state index contributed by atoms with van der Waals surface area (Å²) in [7, 11) is 1.56. The van der Waals surface area contributed by atoms with Crippen LogP contribution < -0.4 is 10.1 Å². The van der Waals surface area contributed by atoms with Crippen LogP contribution in [0.3, 0.4) is 0 Å². The Morgan fingerprint density at radius 2 is 2.09 bits per heavy atom. The number of ether oxygens (including phenoxy) is 1. The minimum absolute atomic E-state index is 0.188. The molecule has 1 aromatic carbocycles. The van der Waals surface area contributed by atoms with Gasteiger partial charge < -0.3 is 10.1 Å². The molecule has 1 aliphatic heterocycles. The first-order valence-corrected chi connectivity index (χ1v) is 7.88. The molecular formula is C16H12ClN3O2S. The molecule has 2 aromatic rings. The van der Waals surface area contributed by atoms with Crippen LogP contribution >= 0.6 is 23.4 Å². The molecule has 5 nitrogen and oxygen atoms in total. The van der Waals surface area contributed by atoms with E-state index < -0.39 is 0 Å². The van der Waals surface area contributed by atoms with Gasteiger partial charge in [-0.2, -0.15) is 0 Å². The molecule has 2 heterocycles. The molecule has 1 saturated heterocycles. The topological polar surface area (TPSA) is 63.6 Å². The van der Waals surface area contributed by atoms with Crippen LogP contribution in [0.4, 0.5) is 5.69 Å². The lowest BCUT2D eigenvalue weighted by Crippen LogP contribution is -2.19. The molecular weight excluding hydrogens is 334 g/mol.